The van der Waals surface area contributed by atoms with Gasteiger partial charge in [-0.05, 0) is 25.5 Å². The molecule has 5 nitrogen and oxygen atoms in total. The maximum atomic E-state index is 10.4. The lowest BCUT2D eigenvalue weighted by Crippen LogP contribution is -2.29. The van der Waals surface area contributed by atoms with Crippen LogP contribution in [0.5, 0.6) is 0 Å². The van der Waals surface area contributed by atoms with Crippen molar-refractivity contribution in [1.82, 2.24) is 4.57 Å². The van der Waals surface area contributed by atoms with E-state index in [0.29, 0.717) is 0 Å². The highest BCUT2D eigenvalue weighted by atomic mass is 32.2. The summed E-state index contributed by atoms with van der Waals surface area (Å²) in [6, 6.07) is 5.78. The average molecular weight is 324 g/mol. The van der Waals surface area contributed by atoms with Gasteiger partial charge < -0.3 is 4.55 Å². The van der Waals surface area contributed by atoms with Gasteiger partial charge in [-0.1, -0.05) is 31.0 Å². The number of aromatic nitrogens is 2. The first-order valence-electron chi connectivity index (χ1n) is 7.29. The van der Waals surface area contributed by atoms with Gasteiger partial charge in [-0.2, -0.15) is 0 Å². The number of aryl methyl sites for hydroxylation is 3. The quantitative estimate of drug-likeness (QED) is 0.640. The molecule has 0 bridgehead atoms. The highest BCUT2D eigenvalue weighted by Crippen LogP contribution is 2.08. The molecule has 0 amide bonds. The summed E-state index contributed by atoms with van der Waals surface area (Å²) in [6.07, 6.45) is 6.78. The van der Waals surface area contributed by atoms with Crippen LogP contribution in [0, 0.1) is 13.8 Å². The van der Waals surface area contributed by atoms with Crippen LogP contribution in [0.25, 0.3) is 0 Å². The Labute approximate surface area is 133 Å². The van der Waals surface area contributed by atoms with Crippen molar-refractivity contribution in [2.45, 2.75) is 45.1 Å². The zero-order chi connectivity index (χ0) is 16.8. The van der Waals surface area contributed by atoms with Crippen LogP contribution in [-0.4, -0.2) is 17.5 Å². The summed E-state index contributed by atoms with van der Waals surface area (Å²) in [7, 11) is -2.19. The van der Waals surface area contributed by atoms with Crippen LogP contribution in [-0.2, 0) is 23.7 Å². The minimum absolute atomic E-state index is 0.178. The van der Waals surface area contributed by atoms with Gasteiger partial charge in [0.1, 0.15) is 22.5 Å². The minimum atomic E-state index is -4.27. The van der Waals surface area contributed by atoms with Crippen molar-refractivity contribution in [3.63, 3.8) is 0 Å². The summed E-state index contributed by atoms with van der Waals surface area (Å²) in [5.74, 6) is 1.33. The molecular formula is C16H24N2O3S. The van der Waals surface area contributed by atoms with Crippen LogP contribution in [0.3, 0.4) is 0 Å². The van der Waals surface area contributed by atoms with E-state index in [1.807, 2.05) is 6.92 Å². The van der Waals surface area contributed by atoms with E-state index in [1.54, 1.807) is 12.1 Å². The van der Waals surface area contributed by atoms with E-state index in [9.17, 15) is 13.0 Å². The van der Waals surface area contributed by atoms with Gasteiger partial charge >= 0.3 is 0 Å². The van der Waals surface area contributed by atoms with E-state index in [-0.39, 0.29) is 4.90 Å². The van der Waals surface area contributed by atoms with Gasteiger partial charge in [0, 0.05) is 6.92 Å². The monoisotopic (exact) mass is 324 g/mol. The molecule has 0 N–H and O–H groups in total. The first-order valence-corrected chi connectivity index (χ1v) is 8.70. The van der Waals surface area contributed by atoms with Crippen molar-refractivity contribution in [3.05, 3.63) is 48.0 Å². The molecule has 0 fully saturated rings. The molecule has 1 aromatic carbocycles. The maximum Gasteiger partial charge on any atom is 0.253 e. The summed E-state index contributed by atoms with van der Waals surface area (Å²) in [5.41, 5.74) is 0.928. The predicted octanol–water partition coefficient (Wildman–Crippen LogP) is 2.32. The van der Waals surface area contributed by atoms with Crippen molar-refractivity contribution < 1.29 is 17.5 Å². The third-order valence-corrected chi connectivity index (χ3v) is 4.31. The Balaban J connectivity index is 0.000000220. The van der Waals surface area contributed by atoms with E-state index in [4.69, 9.17) is 0 Å². The maximum absolute atomic E-state index is 10.4. The largest absolute Gasteiger partial charge is 0.744 e. The van der Waals surface area contributed by atoms with Crippen LogP contribution in [0.1, 0.15) is 31.2 Å². The lowest BCUT2D eigenvalue weighted by molar-refractivity contribution is -0.677. The van der Waals surface area contributed by atoms with Gasteiger partial charge in [0.05, 0.1) is 18.5 Å². The van der Waals surface area contributed by atoms with Crippen LogP contribution in [0.15, 0.2) is 41.6 Å². The van der Waals surface area contributed by atoms with Gasteiger partial charge in [-0.3, -0.25) is 0 Å². The summed E-state index contributed by atoms with van der Waals surface area (Å²) in [6.45, 7) is 7.35. The molecule has 0 aliphatic rings. The molecule has 122 valence electrons. The van der Waals surface area contributed by atoms with Gasteiger partial charge in [-0.25, -0.2) is 17.6 Å². The fourth-order valence-electron chi connectivity index (χ4n) is 1.87. The first-order chi connectivity index (χ1) is 10.3. The highest BCUT2D eigenvalue weighted by Gasteiger charge is 2.06. The van der Waals surface area contributed by atoms with Gasteiger partial charge in [0.25, 0.3) is 5.82 Å². The highest BCUT2D eigenvalue weighted by molar-refractivity contribution is 7.85. The van der Waals surface area contributed by atoms with Gasteiger partial charge in [-0.15, -0.1) is 0 Å². The van der Waals surface area contributed by atoms with E-state index in [0.717, 1.165) is 12.1 Å². The van der Waals surface area contributed by atoms with Gasteiger partial charge in [0.2, 0.25) is 0 Å². The van der Waals surface area contributed by atoms with Crippen molar-refractivity contribution >= 4 is 10.1 Å². The summed E-state index contributed by atoms with van der Waals surface area (Å²) < 4.78 is 35.6. The Kier molecular flexibility index (Phi) is 6.77. The smallest absolute Gasteiger partial charge is 0.253 e. The zero-order valence-corrected chi connectivity index (χ0v) is 14.4. The Morgan fingerprint density at radius 1 is 1.18 bits per heavy atom. The van der Waals surface area contributed by atoms with Crippen LogP contribution in [0.2, 0.25) is 0 Å². The Bertz CT molecular complexity index is 689. The number of benzene rings is 1. The Morgan fingerprint density at radius 3 is 2.18 bits per heavy atom. The number of unbranched alkanes of at least 4 members (excludes halogenated alkanes) is 1. The van der Waals surface area contributed by atoms with Crippen molar-refractivity contribution in [2.75, 3.05) is 0 Å². The fraction of sp³-hybridized carbons (Fsp3) is 0.438. The van der Waals surface area contributed by atoms with E-state index >= 15 is 0 Å². The molecule has 1 aromatic heterocycles. The molecule has 0 radical (unpaired) electrons. The van der Waals surface area contributed by atoms with Crippen molar-refractivity contribution in [2.24, 2.45) is 7.05 Å². The number of imidazole rings is 1. The molecule has 0 aliphatic heterocycles. The topological polar surface area (TPSA) is 66.0 Å². The van der Waals surface area contributed by atoms with Crippen LogP contribution in [0.4, 0.5) is 0 Å². The Hall–Kier alpha value is -1.66. The Morgan fingerprint density at radius 2 is 1.77 bits per heavy atom. The van der Waals surface area contributed by atoms with E-state index in [1.165, 1.54) is 30.8 Å². The molecule has 0 unspecified atom stereocenters. The second kappa shape index (κ2) is 8.10. The van der Waals surface area contributed by atoms with Crippen LogP contribution < -0.4 is 4.57 Å². The molecule has 6 heteroatoms. The summed E-state index contributed by atoms with van der Waals surface area (Å²) >= 11 is 0. The number of nitrogens with zero attached hydrogens (tertiary/aromatic N) is 2. The average Bonchev–Trinajstić information content (AvgIpc) is 2.77. The molecule has 0 saturated carbocycles. The molecule has 0 atom stereocenters. The molecule has 1 heterocycles. The second-order valence-corrected chi connectivity index (χ2v) is 6.65. The number of rotatable bonds is 4. The van der Waals surface area contributed by atoms with E-state index in [2.05, 4.69) is 42.4 Å². The third-order valence-electron chi connectivity index (χ3n) is 3.46. The molecule has 22 heavy (non-hydrogen) atoms. The normalized spacial score (nSPS) is 11.0. The molecule has 2 rings (SSSR count). The molecule has 2 aromatic rings. The number of hydrogen-bond acceptors (Lipinski definition) is 3. The molecular weight excluding hydrogens is 300 g/mol. The lowest BCUT2D eigenvalue weighted by Gasteiger charge is -2.05. The standard InChI is InChI=1S/C9H17N2.C7H8O3S/c1-4-5-6-11-8-7-10(3)9(11)2;1-6-2-4-7(5-3-6)11(8,9)10/h7-8H,4-6H2,1-3H3;2-5H,1H3,(H,8,9,10)/q+1;/p-1. The summed E-state index contributed by atoms with van der Waals surface area (Å²) in [4.78, 5) is -0.178. The van der Waals surface area contributed by atoms with Gasteiger partial charge in [0.15, 0.2) is 0 Å². The predicted molar refractivity (Wildman–Crippen MR) is 84.4 cm³/mol. The second-order valence-electron chi connectivity index (χ2n) is 5.27. The number of hydrogen-bond donors (Lipinski definition) is 0. The van der Waals surface area contributed by atoms with Crippen molar-refractivity contribution in [3.8, 4) is 0 Å². The zero-order valence-electron chi connectivity index (χ0n) is 13.6. The fourth-order valence-corrected chi connectivity index (χ4v) is 2.34. The first kappa shape index (κ1) is 18.4. The van der Waals surface area contributed by atoms with Crippen LogP contribution >= 0.6 is 0 Å². The third kappa shape index (κ3) is 5.61. The SMILES string of the molecule is CCCCn1cc[n+](C)c1C.Cc1ccc(S(=O)(=O)[O-])cc1. The van der Waals surface area contributed by atoms with Crippen molar-refractivity contribution in [1.29, 1.82) is 0 Å². The molecule has 0 spiro atoms. The lowest BCUT2D eigenvalue weighted by atomic mass is 10.2. The van der Waals surface area contributed by atoms with E-state index < -0.39 is 10.1 Å². The summed E-state index contributed by atoms with van der Waals surface area (Å²) in [5, 5.41) is 0. The molecule has 0 aliphatic carbocycles. The minimum Gasteiger partial charge on any atom is -0.744 e. The molecule has 0 saturated heterocycles.